The van der Waals surface area contributed by atoms with Gasteiger partial charge in [-0.15, -0.1) is 0 Å². The third kappa shape index (κ3) is 3.00. The second-order valence-electron chi connectivity index (χ2n) is 5.67. The van der Waals surface area contributed by atoms with E-state index in [4.69, 9.17) is 5.11 Å². The predicted molar refractivity (Wildman–Crippen MR) is 79.3 cm³/mol. The number of likely N-dealkylation sites (tertiary alicyclic amines) is 1. The van der Waals surface area contributed by atoms with Crippen LogP contribution in [0.1, 0.15) is 47.3 Å². The van der Waals surface area contributed by atoms with E-state index >= 15 is 0 Å². The van der Waals surface area contributed by atoms with Crippen LogP contribution in [0.5, 0.6) is 0 Å². The molecule has 2 rings (SSSR count). The number of amides is 1. The molecule has 21 heavy (non-hydrogen) atoms. The van der Waals surface area contributed by atoms with Gasteiger partial charge in [-0.2, -0.15) is 5.10 Å². The molecule has 0 bridgehead atoms. The number of carbonyl (C=O) groups excluding carboxylic acids is 1. The molecule has 116 valence electrons. The highest BCUT2D eigenvalue weighted by Gasteiger charge is 2.31. The van der Waals surface area contributed by atoms with Crippen molar-refractivity contribution in [1.82, 2.24) is 14.7 Å². The van der Waals surface area contributed by atoms with Crippen LogP contribution in [0, 0.1) is 13.8 Å². The van der Waals surface area contributed by atoms with Gasteiger partial charge in [-0.3, -0.25) is 9.59 Å². The zero-order chi connectivity index (χ0) is 15.6. The first-order valence-corrected chi connectivity index (χ1v) is 7.43. The Morgan fingerprint density at radius 3 is 2.81 bits per heavy atom. The summed E-state index contributed by atoms with van der Waals surface area (Å²) in [5, 5.41) is 13.1. The fraction of sp³-hybridized carbons (Fsp3) is 0.667. The van der Waals surface area contributed by atoms with E-state index in [1.807, 2.05) is 0 Å². The van der Waals surface area contributed by atoms with Crippen LogP contribution in [-0.4, -0.2) is 44.9 Å². The molecule has 0 aliphatic carbocycles. The highest BCUT2D eigenvalue weighted by molar-refractivity contribution is 5.95. The lowest BCUT2D eigenvalue weighted by molar-refractivity contribution is 0.0720. The summed E-state index contributed by atoms with van der Waals surface area (Å²) in [4.78, 5) is 26.9. The molecule has 1 fully saturated rings. The standard InChI is InChI=1S/C15H23N3O3/c1-10-11(2)16-17(3)14(20)13(10)15(21)18-8-4-6-12(18)7-5-9-19/h12,19H,4-9H2,1-3H3. The second-order valence-corrected chi connectivity index (χ2v) is 5.67. The molecule has 6 heteroatoms. The van der Waals surface area contributed by atoms with Crippen molar-refractivity contribution in [2.45, 2.75) is 45.6 Å². The van der Waals surface area contributed by atoms with Gasteiger partial charge >= 0.3 is 0 Å². The van der Waals surface area contributed by atoms with Crippen LogP contribution in [0.25, 0.3) is 0 Å². The molecule has 1 N–H and O–H groups in total. The maximum absolute atomic E-state index is 12.8. The van der Waals surface area contributed by atoms with Crippen LogP contribution < -0.4 is 5.56 Å². The summed E-state index contributed by atoms with van der Waals surface area (Å²) in [6, 6.07) is 0.127. The van der Waals surface area contributed by atoms with Gasteiger partial charge in [0.15, 0.2) is 0 Å². The smallest absolute Gasteiger partial charge is 0.279 e. The highest BCUT2D eigenvalue weighted by atomic mass is 16.3. The molecule has 2 heterocycles. The first-order chi connectivity index (χ1) is 9.97. The van der Waals surface area contributed by atoms with Gasteiger partial charge in [0, 0.05) is 26.2 Å². The molecule has 0 radical (unpaired) electrons. The van der Waals surface area contributed by atoms with Crippen molar-refractivity contribution < 1.29 is 9.90 Å². The number of aromatic nitrogens is 2. The van der Waals surface area contributed by atoms with E-state index in [1.165, 1.54) is 4.68 Å². The molecule has 1 aliphatic heterocycles. The van der Waals surface area contributed by atoms with Crippen LogP contribution in [0.4, 0.5) is 0 Å². The lowest BCUT2D eigenvalue weighted by Gasteiger charge is -2.25. The van der Waals surface area contributed by atoms with E-state index in [-0.39, 0.29) is 29.7 Å². The van der Waals surface area contributed by atoms with Crippen molar-refractivity contribution in [2.24, 2.45) is 7.05 Å². The van der Waals surface area contributed by atoms with Gasteiger partial charge in [0.25, 0.3) is 11.5 Å². The van der Waals surface area contributed by atoms with Gasteiger partial charge in [0.05, 0.1) is 5.69 Å². The largest absolute Gasteiger partial charge is 0.396 e. The normalized spacial score (nSPS) is 18.3. The fourth-order valence-corrected chi connectivity index (χ4v) is 2.97. The summed E-state index contributed by atoms with van der Waals surface area (Å²) in [6.45, 7) is 4.39. The molecule has 1 atom stereocenters. The van der Waals surface area contributed by atoms with E-state index in [2.05, 4.69) is 5.10 Å². The van der Waals surface area contributed by atoms with Gasteiger partial charge in [-0.05, 0) is 45.1 Å². The van der Waals surface area contributed by atoms with E-state index < -0.39 is 0 Å². The highest BCUT2D eigenvalue weighted by Crippen LogP contribution is 2.23. The molecule has 1 saturated heterocycles. The van der Waals surface area contributed by atoms with E-state index in [1.54, 1.807) is 25.8 Å². The van der Waals surface area contributed by atoms with Crippen LogP contribution in [0.15, 0.2) is 4.79 Å². The number of hydrogen-bond acceptors (Lipinski definition) is 4. The van der Waals surface area contributed by atoms with Gasteiger partial charge in [-0.25, -0.2) is 4.68 Å². The third-order valence-corrected chi connectivity index (χ3v) is 4.27. The Labute approximate surface area is 124 Å². The van der Waals surface area contributed by atoms with E-state index in [9.17, 15) is 9.59 Å². The Morgan fingerprint density at radius 2 is 2.14 bits per heavy atom. The van der Waals surface area contributed by atoms with Gasteiger partial charge in [-0.1, -0.05) is 0 Å². The maximum Gasteiger partial charge on any atom is 0.279 e. The van der Waals surface area contributed by atoms with Gasteiger partial charge in [0.2, 0.25) is 0 Å². The van der Waals surface area contributed by atoms with Crippen LogP contribution in [-0.2, 0) is 7.05 Å². The van der Waals surface area contributed by atoms with Crippen molar-refractivity contribution in [3.8, 4) is 0 Å². The van der Waals surface area contributed by atoms with Crippen molar-refractivity contribution in [1.29, 1.82) is 0 Å². The summed E-state index contributed by atoms with van der Waals surface area (Å²) in [6.07, 6.45) is 3.35. The number of carbonyl (C=O) groups is 1. The summed E-state index contributed by atoms with van der Waals surface area (Å²) >= 11 is 0. The molecule has 1 unspecified atom stereocenters. The second kappa shape index (κ2) is 6.39. The molecule has 1 aromatic heterocycles. The average Bonchev–Trinajstić information content (AvgIpc) is 2.91. The lowest BCUT2D eigenvalue weighted by atomic mass is 10.1. The first kappa shape index (κ1) is 15.7. The number of rotatable bonds is 4. The van der Waals surface area contributed by atoms with Crippen molar-refractivity contribution in [3.63, 3.8) is 0 Å². The Bertz CT molecular complexity index is 595. The molecule has 0 aromatic carbocycles. The van der Waals surface area contributed by atoms with Gasteiger partial charge < -0.3 is 10.0 Å². The zero-order valence-electron chi connectivity index (χ0n) is 12.9. The topological polar surface area (TPSA) is 75.4 Å². The van der Waals surface area contributed by atoms with E-state index in [0.717, 1.165) is 19.3 Å². The quantitative estimate of drug-likeness (QED) is 0.890. The molecular weight excluding hydrogens is 270 g/mol. The number of aryl methyl sites for hydroxylation is 2. The zero-order valence-corrected chi connectivity index (χ0v) is 12.9. The molecule has 0 saturated carbocycles. The van der Waals surface area contributed by atoms with Gasteiger partial charge in [0.1, 0.15) is 5.56 Å². The minimum atomic E-state index is -0.337. The summed E-state index contributed by atoms with van der Waals surface area (Å²) in [5.41, 5.74) is 1.26. The van der Waals surface area contributed by atoms with Crippen LogP contribution in [0.2, 0.25) is 0 Å². The van der Waals surface area contributed by atoms with Crippen molar-refractivity contribution in [2.75, 3.05) is 13.2 Å². The van der Waals surface area contributed by atoms with E-state index in [0.29, 0.717) is 24.2 Å². The minimum absolute atomic E-state index is 0.127. The lowest BCUT2D eigenvalue weighted by Crippen LogP contribution is -2.40. The number of aliphatic hydroxyl groups excluding tert-OH is 1. The summed E-state index contributed by atoms with van der Waals surface area (Å²) in [5.74, 6) is -0.195. The molecule has 6 nitrogen and oxygen atoms in total. The molecular formula is C15H23N3O3. The van der Waals surface area contributed by atoms with Crippen molar-refractivity contribution >= 4 is 5.91 Å². The molecule has 0 spiro atoms. The molecule has 1 aromatic rings. The third-order valence-electron chi connectivity index (χ3n) is 4.27. The fourth-order valence-electron chi connectivity index (χ4n) is 2.97. The molecule has 1 amide bonds. The maximum atomic E-state index is 12.8. The summed E-state index contributed by atoms with van der Waals surface area (Å²) in [7, 11) is 1.57. The minimum Gasteiger partial charge on any atom is -0.396 e. The Balaban J connectivity index is 2.34. The Hall–Kier alpha value is -1.69. The SMILES string of the molecule is Cc1nn(C)c(=O)c(C(=O)N2CCCC2CCCO)c1C. The average molecular weight is 293 g/mol. The predicted octanol–water partition coefficient (Wildman–Crippen LogP) is 0.774. The number of hydrogen-bond donors (Lipinski definition) is 1. The first-order valence-electron chi connectivity index (χ1n) is 7.43. The number of aliphatic hydroxyl groups is 1. The molecule has 1 aliphatic rings. The van der Waals surface area contributed by atoms with Crippen molar-refractivity contribution in [3.05, 3.63) is 27.2 Å². The summed E-state index contributed by atoms with van der Waals surface area (Å²) < 4.78 is 1.23. The Morgan fingerprint density at radius 1 is 1.43 bits per heavy atom. The van der Waals surface area contributed by atoms with Crippen LogP contribution in [0.3, 0.4) is 0 Å². The number of nitrogens with zero attached hydrogens (tertiary/aromatic N) is 3. The Kier molecular flexibility index (Phi) is 4.77. The van der Waals surface area contributed by atoms with Crippen LogP contribution >= 0.6 is 0 Å². The monoisotopic (exact) mass is 293 g/mol.